The summed E-state index contributed by atoms with van der Waals surface area (Å²) in [5, 5.41) is 8.93. The summed E-state index contributed by atoms with van der Waals surface area (Å²) in [6, 6.07) is 3.29. The summed E-state index contributed by atoms with van der Waals surface area (Å²) in [5.74, 6) is 2.08. The van der Waals surface area contributed by atoms with E-state index in [4.69, 9.17) is 0 Å². The minimum Gasteiger partial charge on any atom is -0.338 e. The summed E-state index contributed by atoms with van der Waals surface area (Å²) in [6.07, 6.45) is 6.34. The fourth-order valence-electron chi connectivity index (χ4n) is 4.70. The number of benzene rings is 1. The Morgan fingerprint density at radius 3 is 2.68 bits per heavy atom. The van der Waals surface area contributed by atoms with Crippen molar-refractivity contribution in [1.29, 1.82) is 0 Å². The number of aryl methyl sites for hydroxylation is 2. The van der Waals surface area contributed by atoms with Crippen molar-refractivity contribution in [2.75, 3.05) is 20.1 Å². The van der Waals surface area contributed by atoms with E-state index in [1.165, 1.54) is 19.5 Å². The van der Waals surface area contributed by atoms with Gasteiger partial charge in [0.2, 0.25) is 10.0 Å². The number of hydrogen-bond acceptors (Lipinski definition) is 5. The van der Waals surface area contributed by atoms with Gasteiger partial charge in [-0.25, -0.2) is 13.1 Å². The van der Waals surface area contributed by atoms with E-state index < -0.39 is 10.0 Å². The molecular formula is C22H31N5O3S. The van der Waals surface area contributed by atoms with E-state index >= 15 is 0 Å². The van der Waals surface area contributed by atoms with Crippen molar-refractivity contribution in [3.05, 3.63) is 40.5 Å². The van der Waals surface area contributed by atoms with Crippen molar-refractivity contribution >= 4 is 15.9 Å². The zero-order valence-corrected chi connectivity index (χ0v) is 19.3. The molecule has 0 bridgehead atoms. The summed E-state index contributed by atoms with van der Waals surface area (Å²) in [6.45, 7) is 5.80. The summed E-state index contributed by atoms with van der Waals surface area (Å²) < 4.78 is 29.5. The molecule has 31 heavy (non-hydrogen) atoms. The highest BCUT2D eigenvalue weighted by molar-refractivity contribution is 7.89. The molecule has 8 nitrogen and oxygen atoms in total. The van der Waals surface area contributed by atoms with Crippen LogP contribution in [0.2, 0.25) is 0 Å². The minimum atomic E-state index is -3.64. The maximum absolute atomic E-state index is 13.4. The Kier molecular flexibility index (Phi) is 6.16. The Labute approximate surface area is 184 Å². The Morgan fingerprint density at radius 1 is 1.10 bits per heavy atom. The van der Waals surface area contributed by atoms with Gasteiger partial charge in [0.05, 0.1) is 4.90 Å². The van der Waals surface area contributed by atoms with Crippen molar-refractivity contribution in [2.45, 2.75) is 69.7 Å². The number of aromatic nitrogens is 3. The van der Waals surface area contributed by atoms with Crippen LogP contribution in [0.15, 0.2) is 17.0 Å². The number of nitrogens with one attached hydrogen (secondary N) is 1. The number of carbonyl (C=O) groups is 1. The molecule has 1 fully saturated rings. The maximum Gasteiger partial charge on any atom is 0.253 e. The fraction of sp³-hybridized carbons (Fsp3) is 0.591. The van der Waals surface area contributed by atoms with Crippen LogP contribution < -0.4 is 4.72 Å². The first-order valence-electron chi connectivity index (χ1n) is 11.1. The summed E-state index contributed by atoms with van der Waals surface area (Å²) >= 11 is 0. The number of fused-ring (bicyclic) bond motifs is 1. The molecule has 2 aliphatic rings. The number of hydrogen-bond donors (Lipinski definition) is 1. The topological polar surface area (TPSA) is 97.2 Å². The molecule has 1 unspecified atom stereocenters. The van der Waals surface area contributed by atoms with Crippen molar-refractivity contribution in [1.82, 2.24) is 24.4 Å². The van der Waals surface area contributed by atoms with Crippen LogP contribution in [0.3, 0.4) is 0 Å². The normalized spacial score (nSPS) is 19.7. The van der Waals surface area contributed by atoms with Crippen LogP contribution >= 0.6 is 0 Å². The minimum absolute atomic E-state index is 0.129. The number of sulfonamides is 1. The van der Waals surface area contributed by atoms with Gasteiger partial charge in [-0.2, -0.15) is 0 Å². The van der Waals surface area contributed by atoms with Crippen LogP contribution in [-0.4, -0.2) is 54.1 Å². The first kappa shape index (κ1) is 22.0. The highest BCUT2D eigenvalue weighted by Gasteiger charge is 2.30. The Balaban J connectivity index is 1.60. The van der Waals surface area contributed by atoms with E-state index in [1.54, 1.807) is 13.0 Å². The summed E-state index contributed by atoms with van der Waals surface area (Å²) in [7, 11) is -2.26. The Morgan fingerprint density at radius 2 is 1.90 bits per heavy atom. The quantitative estimate of drug-likeness (QED) is 0.780. The fourth-order valence-corrected chi connectivity index (χ4v) is 5.77. The lowest BCUT2D eigenvalue weighted by Crippen LogP contribution is -2.40. The largest absolute Gasteiger partial charge is 0.338 e. The van der Waals surface area contributed by atoms with Gasteiger partial charge < -0.3 is 9.47 Å². The predicted molar refractivity (Wildman–Crippen MR) is 118 cm³/mol. The van der Waals surface area contributed by atoms with Gasteiger partial charge in [0, 0.05) is 37.5 Å². The van der Waals surface area contributed by atoms with E-state index in [0.29, 0.717) is 24.2 Å². The summed E-state index contributed by atoms with van der Waals surface area (Å²) in [5.41, 5.74) is 1.86. The van der Waals surface area contributed by atoms with Crippen molar-refractivity contribution in [3.8, 4) is 0 Å². The van der Waals surface area contributed by atoms with Gasteiger partial charge in [-0.15, -0.1) is 10.2 Å². The molecule has 1 atom stereocenters. The van der Waals surface area contributed by atoms with Crippen LogP contribution in [0, 0.1) is 13.8 Å². The second kappa shape index (κ2) is 8.70. The average Bonchev–Trinajstić information content (AvgIpc) is 3.03. The Hall–Kier alpha value is -2.26. The van der Waals surface area contributed by atoms with Gasteiger partial charge in [0.25, 0.3) is 5.91 Å². The first-order chi connectivity index (χ1) is 14.8. The molecule has 2 aliphatic heterocycles. The second-order valence-corrected chi connectivity index (χ2v) is 10.5. The second-order valence-electron chi connectivity index (χ2n) is 8.65. The third-order valence-electron chi connectivity index (χ3n) is 6.64. The van der Waals surface area contributed by atoms with Crippen molar-refractivity contribution in [2.24, 2.45) is 0 Å². The average molecular weight is 446 g/mol. The lowest BCUT2D eigenvalue weighted by atomic mass is 9.96. The number of nitrogens with zero attached hydrogens (tertiary/aromatic N) is 4. The standard InChI is InChI=1S/C22H31N5O3S/c1-15-12-18(13-19(16(15)2)31(29,30)23-3)22(28)26-10-7-8-17(14-26)21-25-24-20-9-5-4-6-11-27(20)21/h12-13,17,23H,4-11,14H2,1-3H3. The molecule has 168 valence electrons. The molecule has 1 aromatic carbocycles. The van der Waals surface area contributed by atoms with E-state index in [-0.39, 0.29) is 16.7 Å². The third-order valence-corrected chi connectivity index (χ3v) is 8.18. The third kappa shape index (κ3) is 4.25. The number of likely N-dealkylation sites (tertiary alicyclic amines) is 1. The van der Waals surface area contributed by atoms with E-state index in [2.05, 4.69) is 19.5 Å². The molecule has 1 N–H and O–H groups in total. The van der Waals surface area contributed by atoms with E-state index in [9.17, 15) is 13.2 Å². The van der Waals surface area contributed by atoms with Crippen molar-refractivity contribution in [3.63, 3.8) is 0 Å². The lowest BCUT2D eigenvalue weighted by molar-refractivity contribution is 0.0702. The zero-order valence-electron chi connectivity index (χ0n) is 18.5. The van der Waals surface area contributed by atoms with Crippen LogP contribution in [0.1, 0.15) is 71.2 Å². The van der Waals surface area contributed by atoms with Crippen molar-refractivity contribution < 1.29 is 13.2 Å². The highest BCUT2D eigenvalue weighted by atomic mass is 32.2. The van der Waals surface area contributed by atoms with Crippen LogP contribution in [-0.2, 0) is 23.0 Å². The van der Waals surface area contributed by atoms with E-state index in [1.807, 2.05) is 11.8 Å². The number of piperidine rings is 1. The molecule has 0 spiro atoms. The molecule has 4 rings (SSSR count). The lowest BCUT2D eigenvalue weighted by Gasteiger charge is -2.32. The Bertz CT molecular complexity index is 1090. The van der Waals surface area contributed by atoms with Gasteiger partial charge in [0.15, 0.2) is 0 Å². The molecule has 0 radical (unpaired) electrons. The van der Waals surface area contributed by atoms with Gasteiger partial charge in [0.1, 0.15) is 11.6 Å². The maximum atomic E-state index is 13.4. The van der Waals surface area contributed by atoms with Gasteiger partial charge in [-0.05, 0) is 69.8 Å². The van der Waals surface area contributed by atoms with Crippen LogP contribution in [0.5, 0.6) is 0 Å². The SMILES string of the molecule is CNS(=O)(=O)c1cc(C(=O)N2CCCC(c3nnc4n3CCCCC4)C2)cc(C)c1C. The molecule has 1 aromatic heterocycles. The van der Waals surface area contributed by atoms with E-state index in [0.717, 1.165) is 55.9 Å². The monoisotopic (exact) mass is 445 g/mol. The molecule has 3 heterocycles. The number of amides is 1. The molecule has 1 saturated heterocycles. The summed E-state index contributed by atoms with van der Waals surface area (Å²) in [4.78, 5) is 15.4. The molecule has 2 aromatic rings. The number of rotatable bonds is 4. The highest BCUT2D eigenvalue weighted by Crippen LogP contribution is 2.29. The predicted octanol–water partition coefficient (Wildman–Crippen LogP) is 2.55. The van der Waals surface area contributed by atoms with Gasteiger partial charge >= 0.3 is 0 Å². The molecule has 9 heteroatoms. The van der Waals surface area contributed by atoms with Gasteiger partial charge in [-0.3, -0.25) is 4.79 Å². The molecule has 0 saturated carbocycles. The van der Waals surface area contributed by atoms with Gasteiger partial charge in [-0.1, -0.05) is 6.42 Å². The molecule has 0 aliphatic carbocycles. The smallest absolute Gasteiger partial charge is 0.253 e. The number of carbonyl (C=O) groups excluding carboxylic acids is 1. The first-order valence-corrected chi connectivity index (χ1v) is 12.6. The molecular weight excluding hydrogens is 414 g/mol. The zero-order chi connectivity index (χ0) is 22.2. The molecule has 1 amide bonds. The van der Waals surface area contributed by atoms with Crippen LogP contribution in [0.25, 0.3) is 0 Å². The van der Waals surface area contributed by atoms with Crippen LogP contribution in [0.4, 0.5) is 0 Å².